The summed E-state index contributed by atoms with van der Waals surface area (Å²) in [7, 11) is 1.82. The van der Waals surface area contributed by atoms with Gasteiger partial charge in [-0.25, -0.2) is 4.99 Å². The molecule has 2 aromatic carbocycles. The van der Waals surface area contributed by atoms with E-state index in [4.69, 9.17) is 4.52 Å². The maximum absolute atomic E-state index is 10.7. The van der Waals surface area contributed by atoms with Crippen LogP contribution in [0.25, 0.3) is 11.6 Å². The second kappa shape index (κ2) is 8.31. The summed E-state index contributed by atoms with van der Waals surface area (Å²) in [4.78, 5) is 23.1. The maximum atomic E-state index is 10.7. The molecular formula is C25H20N8O3. The normalized spacial score (nSPS) is 12.4. The van der Waals surface area contributed by atoms with Gasteiger partial charge in [0.05, 0.1) is 12.5 Å². The number of hydrogen-bond donors (Lipinski definition) is 2. The van der Waals surface area contributed by atoms with Crippen LogP contribution >= 0.6 is 0 Å². The van der Waals surface area contributed by atoms with Gasteiger partial charge < -0.3 is 19.6 Å². The molecule has 3 aromatic heterocycles. The minimum atomic E-state index is -0.483. The Morgan fingerprint density at radius 2 is 1.58 bits per heavy atom. The molecule has 1 aliphatic rings. The van der Waals surface area contributed by atoms with Gasteiger partial charge in [0, 0.05) is 23.9 Å². The number of hydrogen-bond acceptors (Lipinski definition) is 10. The summed E-state index contributed by atoms with van der Waals surface area (Å²) in [6, 6.07) is 19.1. The maximum Gasteiger partial charge on any atom is 0.254 e. The Labute approximate surface area is 205 Å². The molecule has 3 heterocycles. The molecule has 0 atom stereocenters. The fourth-order valence-corrected chi connectivity index (χ4v) is 4.16. The van der Waals surface area contributed by atoms with Gasteiger partial charge in [-0.1, -0.05) is 53.7 Å². The predicted molar refractivity (Wildman–Crippen MR) is 131 cm³/mol. The van der Waals surface area contributed by atoms with Crippen LogP contribution in [-0.2, 0) is 6.54 Å². The lowest BCUT2D eigenvalue weighted by Gasteiger charge is -2.17. The van der Waals surface area contributed by atoms with E-state index in [9.17, 15) is 10.2 Å². The van der Waals surface area contributed by atoms with Crippen molar-refractivity contribution in [1.29, 1.82) is 0 Å². The Balaban J connectivity index is 1.28. The average Bonchev–Trinajstić information content (AvgIpc) is 3.38. The van der Waals surface area contributed by atoms with Crippen molar-refractivity contribution in [2.75, 3.05) is 11.9 Å². The molecule has 0 unspecified atom stereocenters. The summed E-state index contributed by atoms with van der Waals surface area (Å²) in [5.74, 6) is 0.425. The molecule has 0 radical (unpaired) electrons. The SMILES string of the molecule is C=Nc1nc(-c2noc(C3c4c3c(O)n(Cc3ccccc3)c4O)n2)nc(N(C)c2ccccc2)n1. The largest absolute Gasteiger partial charge is 0.494 e. The van der Waals surface area contributed by atoms with Crippen LogP contribution in [-0.4, -0.2) is 53.6 Å². The highest BCUT2D eigenvalue weighted by molar-refractivity contribution is 5.69. The Morgan fingerprint density at radius 1 is 0.917 bits per heavy atom. The molecule has 11 nitrogen and oxygen atoms in total. The number of anilines is 2. The van der Waals surface area contributed by atoms with Gasteiger partial charge in [-0.15, -0.1) is 0 Å². The zero-order valence-electron chi connectivity index (χ0n) is 19.1. The number of aromatic hydroxyl groups is 2. The van der Waals surface area contributed by atoms with Crippen molar-refractivity contribution in [3.8, 4) is 23.4 Å². The van der Waals surface area contributed by atoms with Crippen LogP contribution in [0.5, 0.6) is 11.8 Å². The van der Waals surface area contributed by atoms with E-state index in [1.165, 1.54) is 4.57 Å². The van der Waals surface area contributed by atoms with E-state index in [2.05, 4.69) is 36.8 Å². The van der Waals surface area contributed by atoms with Crippen molar-refractivity contribution in [2.45, 2.75) is 12.5 Å². The quantitative estimate of drug-likeness (QED) is 0.327. The van der Waals surface area contributed by atoms with Gasteiger partial charge in [0.25, 0.3) is 5.95 Å². The summed E-state index contributed by atoms with van der Waals surface area (Å²) in [5, 5.41) is 25.5. The fourth-order valence-electron chi connectivity index (χ4n) is 4.16. The first-order valence-electron chi connectivity index (χ1n) is 11.1. The van der Waals surface area contributed by atoms with Crippen molar-refractivity contribution in [1.82, 2.24) is 29.7 Å². The van der Waals surface area contributed by atoms with E-state index < -0.39 is 5.92 Å². The van der Waals surface area contributed by atoms with Crippen molar-refractivity contribution >= 4 is 24.3 Å². The van der Waals surface area contributed by atoms with Gasteiger partial charge in [0.15, 0.2) is 11.8 Å². The summed E-state index contributed by atoms with van der Waals surface area (Å²) in [6.45, 7) is 3.86. The number of aliphatic imine (C=N–C) groups is 1. The van der Waals surface area contributed by atoms with Crippen LogP contribution in [0.2, 0.25) is 0 Å². The number of aromatic nitrogens is 6. The van der Waals surface area contributed by atoms with Crippen LogP contribution in [0.3, 0.4) is 0 Å². The first-order chi connectivity index (χ1) is 17.5. The van der Waals surface area contributed by atoms with Crippen molar-refractivity contribution in [3.63, 3.8) is 0 Å². The number of benzene rings is 2. The second-order valence-electron chi connectivity index (χ2n) is 8.25. The van der Waals surface area contributed by atoms with E-state index in [-0.39, 0.29) is 35.2 Å². The Kier molecular flexibility index (Phi) is 4.95. The minimum Gasteiger partial charge on any atom is -0.494 e. The number of nitrogens with zero attached hydrogens (tertiary/aromatic N) is 8. The van der Waals surface area contributed by atoms with Crippen LogP contribution in [0, 0.1) is 0 Å². The van der Waals surface area contributed by atoms with Gasteiger partial charge in [-0.05, 0) is 24.4 Å². The standard InChI is InChI=1S/C25H20N8O3/c1-26-24-28-19(29-25(30-24)32(2)15-11-7-4-8-12-15)20-27-21(36-31-20)16-17-18(16)23(35)33(22(17)34)13-14-9-5-3-6-10-14/h3-12,16,34-35H,1,13H2,2H3. The van der Waals surface area contributed by atoms with E-state index in [1.807, 2.05) is 67.7 Å². The van der Waals surface area contributed by atoms with Crippen LogP contribution in [0.4, 0.5) is 17.6 Å². The fraction of sp³-hybridized carbons (Fsp3) is 0.120. The molecule has 178 valence electrons. The van der Waals surface area contributed by atoms with Gasteiger partial charge in [0.2, 0.25) is 23.5 Å². The lowest BCUT2D eigenvalue weighted by Crippen LogP contribution is -2.14. The summed E-state index contributed by atoms with van der Waals surface area (Å²) in [6.07, 6.45) is 0. The Hall–Kier alpha value is -5.06. The van der Waals surface area contributed by atoms with Gasteiger partial charge >= 0.3 is 0 Å². The molecule has 11 heteroatoms. The van der Waals surface area contributed by atoms with E-state index in [1.54, 1.807) is 4.90 Å². The van der Waals surface area contributed by atoms with Gasteiger partial charge in [0.1, 0.15) is 0 Å². The predicted octanol–water partition coefficient (Wildman–Crippen LogP) is 3.78. The van der Waals surface area contributed by atoms with Crippen molar-refractivity contribution < 1.29 is 14.7 Å². The molecule has 2 N–H and O–H groups in total. The molecule has 0 saturated carbocycles. The van der Waals surface area contributed by atoms with Crippen molar-refractivity contribution in [2.24, 2.45) is 4.99 Å². The lowest BCUT2D eigenvalue weighted by molar-refractivity contribution is 0.356. The zero-order valence-corrected chi connectivity index (χ0v) is 19.1. The molecule has 1 aliphatic carbocycles. The van der Waals surface area contributed by atoms with Crippen LogP contribution in [0.1, 0.15) is 28.5 Å². The third kappa shape index (κ3) is 3.54. The Morgan fingerprint density at radius 3 is 2.25 bits per heavy atom. The molecule has 0 saturated heterocycles. The molecule has 36 heavy (non-hydrogen) atoms. The summed E-state index contributed by atoms with van der Waals surface area (Å²) in [5.41, 5.74) is 2.95. The lowest BCUT2D eigenvalue weighted by atomic mass is 10.2. The monoisotopic (exact) mass is 480 g/mol. The molecule has 0 aliphatic heterocycles. The van der Waals surface area contributed by atoms with Gasteiger partial charge in [-0.2, -0.15) is 19.9 Å². The third-order valence-electron chi connectivity index (χ3n) is 6.05. The second-order valence-corrected chi connectivity index (χ2v) is 8.25. The average molecular weight is 480 g/mol. The molecular weight excluding hydrogens is 460 g/mol. The first-order valence-corrected chi connectivity index (χ1v) is 11.1. The summed E-state index contributed by atoms with van der Waals surface area (Å²) < 4.78 is 6.91. The van der Waals surface area contributed by atoms with Gasteiger partial charge in [-0.3, -0.25) is 4.57 Å². The number of rotatable bonds is 7. The molecule has 6 rings (SSSR count). The van der Waals surface area contributed by atoms with E-state index in [0.29, 0.717) is 23.6 Å². The van der Waals surface area contributed by atoms with E-state index in [0.717, 1.165) is 11.3 Å². The third-order valence-corrected chi connectivity index (χ3v) is 6.05. The molecule has 0 bridgehead atoms. The Bertz CT molecular complexity index is 1550. The molecule has 0 fully saturated rings. The highest BCUT2D eigenvalue weighted by Crippen LogP contribution is 2.59. The van der Waals surface area contributed by atoms with Crippen LogP contribution < -0.4 is 4.90 Å². The highest BCUT2D eigenvalue weighted by atomic mass is 16.5. The summed E-state index contributed by atoms with van der Waals surface area (Å²) >= 11 is 0. The zero-order chi connectivity index (χ0) is 24.8. The van der Waals surface area contributed by atoms with Crippen molar-refractivity contribution in [3.05, 3.63) is 83.2 Å². The number of fused-ring (bicyclic) bond motifs is 1. The topological polar surface area (TPSA) is 139 Å². The molecule has 0 amide bonds. The first kappa shape index (κ1) is 21.5. The molecule has 5 aromatic rings. The van der Waals surface area contributed by atoms with E-state index >= 15 is 0 Å². The van der Waals surface area contributed by atoms with Crippen LogP contribution in [0.15, 0.2) is 70.2 Å². The highest BCUT2D eigenvalue weighted by Gasteiger charge is 2.49. The number of para-hydroxylation sites is 1. The molecule has 0 spiro atoms. The minimum absolute atomic E-state index is 0.0267. The smallest absolute Gasteiger partial charge is 0.254 e.